The summed E-state index contributed by atoms with van der Waals surface area (Å²) in [4.78, 5) is 0. The van der Waals surface area contributed by atoms with Crippen LogP contribution in [0.1, 0.15) is 95.6 Å². The van der Waals surface area contributed by atoms with Crippen molar-refractivity contribution in [1.82, 2.24) is 0 Å². The average molecular weight is 484 g/mol. The summed E-state index contributed by atoms with van der Waals surface area (Å²) in [7, 11) is -1.55. The van der Waals surface area contributed by atoms with E-state index in [1.54, 1.807) is 0 Å². The van der Waals surface area contributed by atoms with Gasteiger partial charge in [0.2, 0.25) is 0 Å². The molecule has 0 amide bonds. The Labute approximate surface area is 213 Å². The van der Waals surface area contributed by atoms with Gasteiger partial charge in [-0.25, -0.2) is 0 Å². The van der Waals surface area contributed by atoms with Crippen molar-refractivity contribution in [2.75, 3.05) is 0 Å². The molecule has 6 nitrogen and oxygen atoms in total. The van der Waals surface area contributed by atoms with Gasteiger partial charge in [-0.2, -0.15) is 0 Å². The fraction of sp³-hybridized carbons (Fsp3) is 0.769. The summed E-state index contributed by atoms with van der Waals surface area (Å²) in [6.07, 6.45) is 0. The lowest BCUT2D eigenvalue weighted by Gasteiger charge is -2.34. The van der Waals surface area contributed by atoms with Crippen LogP contribution in [0.5, 0.6) is 0 Å². The zero-order chi connectivity index (χ0) is 26.5. The Hall–Kier alpha value is -0.825. The smallest absolute Gasteiger partial charge is 0.403 e. The van der Waals surface area contributed by atoms with Crippen LogP contribution in [0.3, 0.4) is 0 Å². The molecule has 1 aromatic carbocycles. The van der Waals surface area contributed by atoms with E-state index in [0.29, 0.717) is 0 Å². The van der Waals surface area contributed by atoms with Crippen molar-refractivity contribution < 1.29 is 27.9 Å². The fourth-order valence-corrected chi connectivity index (χ4v) is 4.54. The molecule has 0 atom stereocenters. The Kier molecular flexibility index (Phi) is 6.10. The van der Waals surface area contributed by atoms with Gasteiger partial charge in [0.1, 0.15) is 0 Å². The second-order valence-corrected chi connectivity index (χ2v) is 13.7. The van der Waals surface area contributed by atoms with E-state index in [1.165, 1.54) is 0 Å². The molecule has 3 heterocycles. The summed E-state index contributed by atoms with van der Waals surface area (Å²) < 4.78 is 38.9. The lowest BCUT2D eigenvalue weighted by molar-refractivity contribution is 0.00578. The fourth-order valence-electron chi connectivity index (χ4n) is 4.54. The monoisotopic (exact) mass is 484 g/mol. The molecule has 3 aliphatic heterocycles. The summed E-state index contributed by atoms with van der Waals surface area (Å²) >= 11 is 0. The van der Waals surface area contributed by atoms with Crippen molar-refractivity contribution in [2.45, 2.75) is 129 Å². The Bertz CT molecular complexity index is 886. The summed E-state index contributed by atoms with van der Waals surface area (Å²) in [6.45, 7) is 26.9. The first-order valence-corrected chi connectivity index (χ1v) is 12.8. The van der Waals surface area contributed by atoms with Crippen LogP contribution in [0.4, 0.5) is 0 Å². The third-order valence-corrected chi connectivity index (χ3v) is 9.54. The first-order valence-electron chi connectivity index (χ1n) is 12.8. The predicted molar refractivity (Wildman–Crippen MR) is 142 cm³/mol. The maximum absolute atomic E-state index is 6.59. The first-order chi connectivity index (χ1) is 15.7. The molecule has 0 bridgehead atoms. The molecule has 0 saturated carbocycles. The number of hydrogen-bond acceptors (Lipinski definition) is 6. The van der Waals surface area contributed by atoms with Crippen LogP contribution in [-0.4, -0.2) is 55.0 Å². The van der Waals surface area contributed by atoms with E-state index in [-0.39, 0.29) is 0 Å². The van der Waals surface area contributed by atoms with Crippen LogP contribution in [0.15, 0.2) is 24.3 Å². The van der Waals surface area contributed by atoms with Crippen LogP contribution in [0, 0.1) is 0 Å². The minimum Gasteiger partial charge on any atom is -0.403 e. The van der Waals surface area contributed by atoms with Gasteiger partial charge in [0.25, 0.3) is 0 Å². The van der Waals surface area contributed by atoms with Crippen molar-refractivity contribution in [1.29, 1.82) is 0 Å². The van der Waals surface area contributed by atoms with E-state index in [1.807, 2.05) is 0 Å². The summed E-state index contributed by atoms with van der Waals surface area (Å²) in [6, 6.07) is 8.31. The molecule has 3 aliphatic rings. The van der Waals surface area contributed by atoms with Crippen molar-refractivity contribution in [3.05, 3.63) is 29.8 Å². The molecule has 3 saturated heterocycles. The van der Waals surface area contributed by atoms with Gasteiger partial charge in [-0.1, -0.05) is 31.2 Å². The van der Waals surface area contributed by atoms with Crippen LogP contribution in [0.25, 0.3) is 0 Å². The molecule has 0 unspecified atom stereocenters. The maximum Gasteiger partial charge on any atom is 0.494 e. The SMILES string of the molecule is CC(B1OC(C)(C)C(C)(C)O1)(B1OC(C)(C)C(C)(C)O1)c1ccc(B2OC(C)(C)C(C)(C)O2)cc1. The largest absolute Gasteiger partial charge is 0.494 e. The van der Waals surface area contributed by atoms with Gasteiger partial charge in [0.15, 0.2) is 0 Å². The topological polar surface area (TPSA) is 55.4 Å². The molecule has 4 rings (SSSR count). The molecule has 0 aromatic heterocycles. The van der Waals surface area contributed by atoms with E-state index < -0.39 is 60.2 Å². The highest BCUT2D eigenvalue weighted by atomic mass is 16.7. The Morgan fingerprint density at radius 3 is 1.09 bits per heavy atom. The van der Waals surface area contributed by atoms with Gasteiger partial charge in [-0.3, -0.25) is 0 Å². The Balaban J connectivity index is 1.72. The first kappa shape index (κ1) is 27.2. The van der Waals surface area contributed by atoms with Crippen LogP contribution in [-0.2, 0) is 33.1 Å². The zero-order valence-electron chi connectivity index (χ0n) is 24.0. The quantitative estimate of drug-likeness (QED) is 0.587. The highest BCUT2D eigenvalue weighted by molar-refractivity contribution is 6.71. The van der Waals surface area contributed by atoms with Gasteiger partial charge in [-0.15, -0.1) is 0 Å². The summed E-state index contributed by atoms with van der Waals surface area (Å²) in [5.74, 6) is 0. The lowest BCUT2D eigenvalue weighted by Crippen LogP contribution is -2.56. The molecular formula is C26H43B3O6. The van der Waals surface area contributed by atoms with Gasteiger partial charge in [0.05, 0.1) is 38.8 Å². The number of benzene rings is 1. The molecule has 0 spiro atoms. The van der Waals surface area contributed by atoms with Crippen LogP contribution in [0.2, 0.25) is 0 Å². The maximum atomic E-state index is 6.59. The van der Waals surface area contributed by atoms with Crippen molar-refractivity contribution in [3.63, 3.8) is 0 Å². The highest BCUT2D eigenvalue weighted by Gasteiger charge is 2.68. The second-order valence-electron chi connectivity index (χ2n) is 13.7. The minimum absolute atomic E-state index is 0.393. The van der Waals surface area contributed by atoms with E-state index in [4.69, 9.17) is 27.9 Å². The van der Waals surface area contributed by atoms with E-state index in [2.05, 4.69) is 114 Å². The predicted octanol–water partition coefficient (Wildman–Crippen LogP) is 4.51. The van der Waals surface area contributed by atoms with E-state index >= 15 is 0 Å². The number of hydrogen-bond donors (Lipinski definition) is 0. The lowest BCUT2D eigenvalue weighted by atomic mass is 9.37. The summed E-state index contributed by atoms with van der Waals surface area (Å²) in [5.41, 5.74) is -0.730. The van der Waals surface area contributed by atoms with Gasteiger partial charge in [-0.05, 0) is 94.1 Å². The van der Waals surface area contributed by atoms with Crippen LogP contribution >= 0.6 is 0 Å². The van der Waals surface area contributed by atoms with Gasteiger partial charge in [0, 0.05) is 0 Å². The third kappa shape index (κ3) is 4.15. The van der Waals surface area contributed by atoms with Crippen molar-refractivity contribution >= 4 is 26.8 Å². The number of rotatable bonds is 4. The van der Waals surface area contributed by atoms with E-state index in [9.17, 15) is 0 Å². The normalized spacial score (nSPS) is 28.1. The van der Waals surface area contributed by atoms with E-state index in [0.717, 1.165) is 11.0 Å². The molecule has 35 heavy (non-hydrogen) atoms. The molecule has 0 N–H and O–H groups in total. The Morgan fingerprint density at radius 2 is 0.771 bits per heavy atom. The Morgan fingerprint density at radius 1 is 0.486 bits per heavy atom. The molecule has 9 heteroatoms. The van der Waals surface area contributed by atoms with Crippen LogP contribution < -0.4 is 5.46 Å². The van der Waals surface area contributed by atoms with Crippen molar-refractivity contribution in [2.24, 2.45) is 0 Å². The molecule has 3 fully saturated rings. The third-order valence-electron chi connectivity index (χ3n) is 9.54. The molecule has 1 aromatic rings. The standard InChI is InChI=1S/C26H43B3O6/c1-20(2)21(3,4)31-27(30-20)19-16-14-18(15-17-19)26(13,28-32-22(5,6)23(7,8)33-28)29-34-24(9,10)25(11,12)35-29/h14-17H,1-13H3. The molecule has 0 aliphatic carbocycles. The highest BCUT2D eigenvalue weighted by Crippen LogP contribution is 2.49. The molecule has 0 radical (unpaired) electrons. The minimum atomic E-state index is -0.732. The molecule has 192 valence electrons. The van der Waals surface area contributed by atoms with Gasteiger partial charge < -0.3 is 27.9 Å². The van der Waals surface area contributed by atoms with Crippen molar-refractivity contribution in [3.8, 4) is 0 Å². The average Bonchev–Trinajstić information content (AvgIpc) is 3.16. The molecular weight excluding hydrogens is 441 g/mol. The zero-order valence-corrected chi connectivity index (χ0v) is 24.0. The van der Waals surface area contributed by atoms with Gasteiger partial charge >= 0.3 is 21.4 Å². The second kappa shape index (κ2) is 7.84. The summed E-state index contributed by atoms with van der Waals surface area (Å²) in [5, 5.41) is -0.732.